The van der Waals surface area contributed by atoms with Gasteiger partial charge >= 0.3 is 0 Å². The summed E-state index contributed by atoms with van der Waals surface area (Å²) in [5.41, 5.74) is 6.18. The summed E-state index contributed by atoms with van der Waals surface area (Å²) >= 11 is 0. The van der Waals surface area contributed by atoms with Crippen molar-refractivity contribution >= 4 is 5.78 Å². The van der Waals surface area contributed by atoms with Crippen LogP contribution in [0.3, 0.4) is 0 Å². The number of halogens is 1. The molecule has 0 spiro atoms. The van der Waals surface area contributed by atoms with Crippen LogP contribution < -0.4 is 5.73 Å². The average molecular weight is 193 g/mol. The second-order valence-corrected chi connectivity index (χ2v) is 4.00. The molecule has 1 aromatic carbocycles. The molecule has 1 aliphatic rings. The lowest BCUT2D eigenvalue weighted by atomic mass is 10.0. The molecule has 0 bridgehead atoms. The summed E-state index contributed by atoms with van der Waals surface area (Å²) in [5, 5.41) is 0. The minimum Gasteiger partial charge on any atom is -0.319 e. The molecule has 0 radical (unpaired) electrons. The summed E-state index contributed by atoms with van der Waals surface area (Å²) in [6, 6.07) is 4.33. The zero-order chi connectivity index (χ0) is 10.3. The Hall–Kier alpha value is -1.22. The van der Waals surface area contributed by atoms with Gasteiger partial charge in [0.25, 0.3) is 0 Å². The van der Waals surface area contributed by atoms with E-state index in [0.717, 1.165) is 5.56 Å². The van der Waals surface area contributed by atoms with Gasteiger partial charge in [-0.1, -0.05) is 0 Å². The second kappa shape index (κ2) is 2.89. The van der Waals surface area contributed by atoms with Crippen LogP contribution in [0.15, 0.2) is 18.2 Å². The Kier molecular flexibility index (Phi) is 1.93. The van der Waals surface area contributed by atoms with Gasteiger partial charge in [0.05, 0.1) is 5.54 Å². The van der Waals surface area contributed by atoms with Gasteiger partial charge in [-0.05, 0) is 43.5 Å². The van der Waals surface area contributed by atoms with Gasteiger partial charge in [-0.25, -0.2) is 4.39 Å². The maximum atomic E-state index is 13.0. The van der Waals surface area contributed by atoms with Gasteiger partial charge in [0.15, 0.2) is 5.78 Å². The third-order valence-electron chi connectivity index (χ3n) is 2.55. The van der Waals surface area contributed by atoms with Crippen LogP contribution in [0.2, 0.25) is 0 Å². The number of hydrogen-bond acceptors (Lipinski definition) is 2. The average Bonchev–Trinajstić information content (AvgIpc) is 2.82. The highest BCUT2D eigenvalue weighted by atomic mass is 19.1. The number of carbonyl (C=O) groups excluding carboxylic acids is 1. The number of ketones is 1. The van der Waals surface area contributed by atoms with Crippen LogP contribution in [-0.2, 0) is 0 Å². The van der Waals surface area contributed by atoms with E-state index in [4.69, 9.17) is 5.73 Å². The highest BCUT2D eigenvalue weighted by molar-refractivity contribution is 6.05. The molecule has 1 aliphatic carbocycles. The minimum atomic E-state index is -0.708. The lowest BCUT2D eigenvalue weighted by Gasteiger charge is -2.07. The number of hydrogen-bond donors (Lipinski definition) is 1. The first kappa shape index (κ1) is 9.34. The van der Waals surface area contributed by atoms with Crippen LogP contribution >= 0.6 is 0 Å². The summed E-state index contributed by atoms with van der Waals surface area (Å²) in [6.45, 7) is 1.76. The van der Waals surface area contributed by atoms with Crippen LogP contribution in [0, 0.1) is 12.7 Å². The Balaban J connectivity index is 2.36. The summed E-state index contributed by atoms with van der Waals surface area (Å²) in [5.74, 6) is -0.516. The molecule has 0 heterocycles. The van der Waals surface area contributed by atoms with E-state index in [1.54, 1.807) is 13.0 Å². The van der Waals surface area contributed by atoms with Gasteiger partial charge in [-0.3, -0.25) is 4.79 Å². The van der Waals surface area contributed by atoms with Crippen molar-refractivity contribution in [2.45, 2.75) is 25.3 Å². The zero-order valence-corrected chi connectivity index (χ0v) is 8.01. The highest BCUT2D eigenvalue weighted by Gasteiger charge is 2.46. The van der Waals surface area contributed by atoms with Crippen molar-refractivity contribution in [1.82, 2.24) is 0 Å². The van der Waals surface area contributed by atoms with E-state index in [1.807, 2.05) is 0 Å². The highest BCUT2D eigenvalue weighted by Crippen LogP contribution is 2.35. The third kappa shape index (κ3) is 1.55. The predicted molar refractivity (Wildman–Crippen MR) is 51.6 cm³/mol. The zero-order valence-electron chi connectivity index (χ0n) is 8.01. The van der Waals surface area contributed by atoms with Crippen molar-refractivity contribution in [2.75, 3.05) is 0 Å². The topological polar surface area (TPSA) is 43.1 Å². The van der Waals surface area contributed by atoms with E-state index in [0.29, 0.717) is 18.4 Å². The number of carbonyl (C=O) groups is 1. The molecule has 2 rings (SSSR count). The van der Waals surface area contributed by atoms with Gasteiger partial charge in [0.1, 0.15) is 5.82 Å². The number of benzene rings is 1. The Bertz CT molecular complexity index is 376. The number of rotatable bonds is 2. The Morgan fingerprint density at radius 3 is 2.57 bits per heavy atom. The largest absolute Gasteiger partial charge is 0.319 e. The van der Waals surface area contributed by atoms with Crippen molar-refractivity contribution in [3.8, 4) is 0 Å². The first-order chi connectivity index (χ1) is 6.51. The van der Waals surface area contributed by atoms with Crippen molar-refractivity contribution in [1.29, 1.82) is 0 Å². The molecule has 74 valence electrons. The maximum Gasteiger partial charge on any atom is 0.182 e. The van der Waals surface area contributed by atoms with Crippen molar-refractivity contribution in [3.63, 3.8) is 0 Å². The summed E-state index contributed by atoms with van der Waals surface area (Å²) in [6.07, 6.45) is 1.42. The van der Waals surface area contributed by atoms with Gasteiger partial charge in [-0.15, -0.1) is 0 Å². The normalized spacial score (nSPS) is 17.9. The first-order valence-electron chi connectivity index (χ1n) is 4.62. The summed E-state index contributed by atoms with van der Waals surface area (Å²) in [7, 11) is 0. The van der Waals surface area contributed by atoms with Crippen LogP contribution in [0.5, 0.6) is 0 Å². The monoisotopic (exact) mass is 193 g/mol. The fourth-order valence-electron chi connectivity index (χ4n) is 1.52. The number of nitrogens with two attached hydrogens (primary N) is 1. The van der Waals surface area contributed by atoms with E-state index in [1.165, 1.54) is 12.1 Å². The quantitative estimate of drug-likeness (QED) is 0.728. The van der Waals surface area contributed by atoms with E-state index in [-0.39, 0.29) is 11.6 Å². The standard InChI is InChI=1S/C11H12FNO/c1-7-4-8(6-9(12)5-7)10(14)11(13)2-3-11/h4-6H,2-3,13H2,1H3. The molecule has 1 saturated carbocycles. The van der Waals surface area contributed by atoms with Crippen molar-refractivity contribution < 1.29 is 9.18 Å². The third-order valence-corrected chi connectivity index (χ3v) is 2.55. The minimum absolute atomic E-state index is 0.139. The Morgan fingerprint density at radius 2 is 2.07 bits per heavy atom. The molecule has 3 heteroatoms. The molecule has 0 amide bonds. The molecular weight excluding hydrogens is 181 g/mol. The van der Waals surface area contributed by atoms with Crippen LogP contribution in [-0.4, -0.2) is 11.3 Å². The number of aryl methyl sites for hydroxylation is 1. The van der Waals surface area contributed by atoms with E-state index in [2.05, 4.69) is 0 Å². The van der Waals surface area contributed by atoms with E-state index < -0.39 is 5.54 Å². The molecule has 0 saturated heterocycles. The molecule has 0 atom stereocenters. The molecule has 14 heavy (non-hydrogen) atoms. The molecule has 1 aromatic rings. The molecule has 2 nitrogen and oxygen atoms in total. The Morgan fingerprint density at radius 1 is 1.43 bits per heavy atom. The van der Waals surface area contributed by atoms with Gasteiger partial charge < -0.3 is 5.73 Å². The molecule has 0 aliphatic heterocycles. The smallest absolute Gasteiger partial charge is 0.182 e. The fourth-order valence-corrected chi connectivity index (χ4v) is 1.52. The molecule has 1 fully saturated rings. The molecule has 2 N–H and O–H groups in total. The van der Waals surface area contributed by atoms with Crippen molar-refractivity contribution in [2.24, 2.45) is 5.73 Å². The summed E-state index contributed by atoms with van der Waals surface area (Å²) < 4.78 is 13.0. The van der Waals surface area contributed by atoms with Gasteiger partial charge in [-0.2, -0.15) is 0 Å². The van der Waals surface area contributed by atoms with Crippen LogP contribution in [0.1, 0.15) is 28.8 Å². The van der Waals surface area contributed by atoms with Crippen molar-refractivity contribution in [3.05, 3.63) is 35.1 Å². The first-order valence-corrected chi connectivity index (χ1v) is 4.62. The van der Waals surface area contributed by atoms with Gasteiger partial charge in [0, 0.05) is 5.56 Å². The lowest BCUT2D eigenvalue weighted by Crippen LogP contribution is -2.32. The lowest BCUT2D eigenvalue weighted by molar-refractivity contribution is 0.0948. The van der Waals surface area contributed by atoms with Crippen LogP contribution in [0.25, 0.3) is 0 Å². The van der Waals surface area contributed by atoms with Crippen LogP contribution in [0.4, 0.5) is 4.39 Å². The molecule has 0 unspecified atom stereocenters. The number of Topliss-reactive ketones (excluding diaryl/α,β-unsaturated/α-hetero) is 1. The Labute approximate surface area is 81.9 Å². The van der Waals surface area contributed by atoms with E-state index in [9.17, 15) is 9.18 Å². The summed E-state index contributed by atoms with van der Waals surface area (Å²) in [4.78, 5) is 11.7. The van der Waals surface area contributed by atoms with Gasteiger partial charge in [0.2, 0.25) is 0 Å². The van der Waals surface area contributed by atoms with E-state index >= 15 is 0 Å². The maximum absolute atomic E-state index is 13.0. The molecule has 0 aromatic heterocycles. The predicted octanol–water partition coefficient (Wildman–Crippen LogP) is 1.81. The SMILES string of the molecule is Cc1cc(F)cc(C(=O)C2(N)CC2)c1. The fraction of sp³-hybridized carbons (Fsp3) is 0.364. The molecular formula is C11H12FNO. The second-order valence-electron chi connectivity index (χ2n) is 4.00.